The van der Waals surface area contributed by atoms with E-state index in [1.807, 2.05) is 24.0 Å². The largest absolute Gasteiger partial charge is 0.494 e. The molecule has 0 bridgehead atoms. The Morgan fingerprint density at radius 1 is 1.35 bits per heavy atom. The fourth-order valence-corrected chi connectivity index (χ4v) is 2.52. The first-order valence-corrected chi connectivity index (χ1v) is 7.41. The number of benzene rings is 1. The molecule has 1 N–H and O–H groups in total. The third-order valence-corrected chi connectivity index (χ3v) is 3.70. The molecule has 1 aliphatic heterocycles. The van der Waals surface area contributed by atoms with Crippen LogP contribution in [0.2, 0.25) is 0 Å². The second-order valence-corrected chi connectivity index (χ2v) is 5.15. The number of hydrogen-bond donors (Lipinski definition) is 1. The number of ether oxygens (including phenoxy) is 1. The molecule has 2 rings (SSSR count). The lowest BCUT2D eigenvalue weighted by Gasteiger charge is -2.27. The van der Waals surface area contributed by atoms with Gasteiger partial charge in [-0.2, -0.15) is 0 Å². The zero-order valence-electron chi connectivity index (χ0n) is 12.4. The summed E-state index contributed by atoms with van der Waals surface area (Å²) in [6.45, 7) is 8.23. The van der Waals surface area contributed by atoms with Crippen LogP contribution in [0.4, 0.5) is 0 Å². The van der Waals surface area contributed by atoms with Gasteiger partial charge in [0.25, 0.3) is 0 Å². The molecule has 0 aromatic heterocycles. The number of piperazine rings is 1. The first-order chi connectivity index (χ1) is 9.70. The highest BCUT2D eigenvalue weighted by atomic mass is 16.5. The van der Waals surface area contributed by atoms with E-state index in [2.05, 4.69) is 18.3 Å². The Balaban J connectivity index is 1.88. The van der Waals surface area contributed by atoms with Crippen molar-refractivity contribution in [2.45, 2.75) is 26.7 Å². The van der Waals surface area contributed by atoms with E-state index < -0.39 is 0 Å². The van der Waals surface area contributed by atoms with Crippen molar-refractivity contribution in [3.05, 3.63) is 29.3 Å². The molecule has 1 fully saturated rings. The van der Waals surface area contributed by atoms with Crippen LogP contribution in [0.25, 0.3) is 0 Å². The number of nitrogens with one attached hydrogen (secondary N) is 1. The van der Waals surface area contributed by atoms with Gasteiger partial charge in [-0.25, -0.2) is 0 Å². The second-order valence-electron chi connectivity index (χ2n) is 5.15. The Bertz CT molecular complexity index is 454. The Hall–Kier alpha value is -1.55. The second kappa shape index (κ2) is 7.29. The van der Waals surface area contributed by atoms with Crippen molar-refractivity contribution in [2.24, 2.45) is 0 Å². The zero-order chi connectivity index (χ0) is 14.4. The normalized spacial score (nSPS) is 15.2. The average Bonchev–Trinajstić information content (AvgIpc) is 2.47. The summed E-state index contributed by atoms with van der Waals surface area (Å²) in [4.78, 5) is 14.1. The minimum atomic E-state index is 0.264. The Morgan fingerprint density at radius 3 is 2.75 bits per heavy atom. The van der Waals surface area contributed by atoms with Crippen LogP contribution in [0.1, 0.15) is 24.5 Å². The van der Waals surface area contributed by atoms with Crippen molar-refractivity contribution in [2.75, 3.05) is 32.8 Å². The Labute approximate surface area is 121 Å². The van der Waals surface area contributed by atoms with Crippen LogP contribution in [-0.2, 0) is 11.2 Å². The third kappa shape index (κ3) is 3.97. The number of nitrogens with zero attached hydrogens (tertiary/aromatic N) is 1. The topological polar surface area (TPSA) is 41.6 Å². The van der Waals surface area contributed by atoms with Crippen molar-refractivity contribution >= 4 is 5.91 Å². The number of aryl methyl sites for hydroxylation is 2. The molecule has 1 amide bonds. The highest BCUT2D eigenvalue weighted by Crippen LogP contribution is 2.18. The SMILES string of the molecule is CCOc1ccc(CCC(=O)N2CCNCC2)c(C)c1. The van der Waals surface area contributed by atoms with Crippen LogP contribution in [0.5, 0.6) is 5.75 Å². The van der Waals surface area contributed by atoms with E-state index in [-0.39, 0.29) is 5.91 Å². The quantitative estimate of drug-likeness (QED) is 0.891. The van der Waals surface area contributed by atoms with E-state index in [9.17, 15) is 4.79 Å². The summed E-state index contributed by atoms with van der Waals surface area (Å²) >= 11 is 0. The molecule has 0 radical (unpaired) electrons. The van der Waals surface area contributed by atoms with Crippen LogP contribution in [0.3, 0.4) is 0 Å². The summed E-state index contributed by atoms with van der Waals surface area (Å²) in [5.74, 6) is 1.17. The molecule has 0 unspecified atom stereocenters. The van der Waals surface area contributed by atoms with Gasteiger partial charge >= 0.3 is 0 Å². The average molecular weight is 276 g/mol. The zero-order valence-corrected chi connectivity index (χ0v) is 12.4. The van der Waals surface area contributed by atoms with E-state index in [0.717, 1.165) is 38.3 Å². The molecule has 0 aliphatic carbocycles. The first-order valence-electron chi connectivity index (χ1n) is 7.41. The van der Waals surface area contributed by atoms with Crippen LogP contribution in [0, 0.1) is 6.92 Å². The lowest BCUT2D eigenvalue weighted by atomic mass is 10.0. The van der Waals surface area contributed by atoms with Gasteiger partial charge in [0.15, 0.2) is 0 Å². The van der Waals surface area contributed by atoms with Gasteiger partial charge in [0.2, 0.25) is 5.91 Å². The van der Waals surface area contributed by atoms with E-state index in [0.29, 0.717) is 13.0 Å². The fraction of sp³-hybridized carbons (Fsp3) is 0.562. The summed E-state index contributed by atoms with van der Waals surface area (Å²) in [5, 5.41) is 3.26. The third-order valence-electron chi connectivity index (χ3n) is 3.70. The number of carbonyl (C=O) groups is 1. The first kappa shape index (κ1) is 14.9. The predicted octanol–water partition coefficient (Wildman–Crippen LogP) is 1.76. The minimum Gasteiger partial charge on any atom is -0.494 e. The van der Waals surface area contributed by atoms with Gasteiger partial charge in [-0.3, -0.25) is 4.79 Å². The summed E-state index contributed by atoms with van der Waals surface area (Å²) in [5.41, 5.74) is 2.43. The molecule has 1 aromatic carbocycles. The molecule has 0 saturated carbocycles. The number of rotatable bonds is 5. The van der Waals surface area contributed by atoms with Gasteiger partial charge in [0, 0.05) is 32.6 Å². The van der Waals surface area contributed by atoms with Gasteiger partial charge in [-0.05, 0) is 43.5 Å². The van der Waals surface area contributed by atoms with Gasteiger partial charge < -0.3 is 15.0 Å². The van der Waals surface area contributed by atoms with Gasteiger partial charge in [0.1, 0.15) is 5.75 Å². The molecular weight excluding hydrogens is 252 g/mol. The molecular formula is C16H24N2O2. The molecule has 110 valence electrons. The van der Waals surface area contributed by atoms with E-state index in [1.54, 1.807) is 0 Å². The Morgan fingerprint density at radius 2 is 2.10 bits per heavy atom. The lowest BCUT2D eigenvalue weighted by Crippen LogP contribution is -2.46. The molecule has 4 heteroatoms. The maximum Gasteiger partial charge on any atom is 0.222 e. The van der Waals surface area contributed by atoms with Crippen molar-refractivity contribution < 1.29 is 9.53 Å². The fourth-order valence-electron chi connectivity index (χ4n) is 2.52. The van der Waals surface area contributed by atoms with Gasteiger partial charge in [0.05, 0.1) is 6.61 Å². The summed E-state index contributed by atoms with van der Waals surface area (Å²) in [6, 6.07) is 6.11. The van der Waals surface area contributed by atoms with Crippen molar-refractivity contribution in [1.29, 1.82) is 0 Å². The molecule has 0 atom stereocenters. The van der Waals surface area contributed by atoms with Crippen LogP contribution in [-0.4, -0.2) is 43.6 Å². The van der Waals surface area contributed by atoms with Crippen molar-refractivity contribution in [3.63, 3.8) is 0 Å². The molecule has 20 heavy (non-hydrogen) atoms. The van der Waals surface area contributed by atoms with E-state index in [1.165, 1.54) is 11.1 Å². The van der Waals surface area contributed by atoms with Crippen molar-refractivity contribution in [1.82, 2.24) is 10.2 Å². The van der Waals surface area contributed by atoms with Crippen LogP contribution in [0.15, 0.2) is 18.2 Å². The molecule has 1 heterocycles. The van der Waals surface area contributed by atoms with Crippen LogP contribution >= 0.6 is 0 Å². The summed E-state index contributed by atoms with van der Waals surface area (Å²) < 4.78 is 5.48. The molecule has 1 saturated heterocycles. The smallest absolute Gasteiger partial charge is 0.222 e. The standard InChI is InChI=1S/C16H24N2O2/c1-3-20-15-6-4-14(13(2)12-15)5-7-16(19)18-10-8-17-9-11-18/h4,6,12,17H,3,5,7-11H2,1-2H3. The monoisotopic (exact) mass is 276 g/mol. The maximum absolute atomic E-state index is 12.1. The highest BCUT2D eigenvalue weighted by Gasteiger charge is 2.16. The summed E-state index contributed by atoms with van der Waals surface area (Å²) in [7, 11) is 0. The number of hydrogen-bond acceptors (Lipinski definition) is 3. The predicted molar refractivity (Wildman–Crippen MR) is 80.1 cm³/mol. The lowest BCUT2D eigenvalue weighted by molar-refractivity contribution is -0.131. The number of amides is 1. The van der Waals surface area contributed by atoms with E-state index >= 15 is 0 Å². The Kier molecular flexibility index (Phi) is 5.41. The molecule has 0 spiro atoms. The number of carbonyl (C=O) groups excluding carboxylic acids is 1. The van der Waals surface area contributed by atoms with Crippen molar-refractivity contribution in [3.8, 4) is 5.75 Å². The maximum atomic E-state index is 12.1. The molecule has 1 aromatic rings. The molecule has 1 aliphatic rings. The van der Waals surface area contributed by atoms with Crippen LogP contribution < -0.4 is 10.1 Å². The summed E-state index contributed by atoms with van der Waals surface area (Å²) in [6.07, 6.45) is 1.40. The van der Waals surface area contributed by atoms with Gasteiger partial charge in [-0.1, -0.05) is 6.07 Å². The van der Waals surface area contributed by atoms with Gasteiger partial charge in [-0.15, -0.1) is 0 Å². The highest BCUT2D eigenvalue weighted by molar-refractivity contribution is 5.76. The molecule has 4 nitrogen and oxygen atoms in total. The van der Waals surface area contributed by atoms with E-state index in [4.69, 9.17) is 4.74 Å². The minimum absolute atomic E-state index is 0.264.